The summed E-state index contributed by atoms with van der Waals surface area (Å²) in [5.41, 5.74) is 1.83. The molecule has 4 rings (SSSR count). The number of hydrogen-bond donors (Lipinski definition) is 1. The highest BCUT2D eigenvalue weighted by Crippen LogP contribution is 2.32. The van der Waals surface area contributed by atoms with Gasteiger partial charge in [0.1, 0.15) is 0 Å². The molecule has 2 aliphatic rings. The maximum atomic E-state index is 12.7. The van der Waals surface area contributed by atoms with Crippen molar-refractivity contribution in [2.75, 3.05) is 31.3 Å². The number of benzene rings is 1. The number of nitrogens with zero attached hydrogens (tertiary/aromatic N) is 2. The SMILES string of the molecule is CSc1nc2ccc(NC(=O)N(CC3CCOC3)C3CC3)cc2s1. The van der Waals surface area contributed by atoms with Crippen molar-refractivity contribution >= 4 is 45.0 Å². The lowest BCUT2D eigenvalue weighted by Crippen LogP contribution is -2.40. The number of carbonyl (C=O) groups excluding carboxylic acids is 1. The van der Waals surface area contributed by atoms with Crippen molar-refractivity contribution in [2.24, 2.45) is 5.92 Å². The number of nitrogens with one attached hydrogen (secondary N) is 1. The van der Waals surface area contributed by atoms with E-state index in [1.807, 2.05) is 29.4 Å². The molecule has 1 aromatic heterocycles. The Hall–Kier alpha value is -1.31. The number of amides is 2. The van der Waals surface area contributed by atoms with Gasteiger partial charge in [-0.05, 0) is 43.7 Å². The van der Waals surface area contributed by atoms with Crippen LogP contribution in [0.15, 0.2) is 22.5 Å². The molecule has 0 bridgehead atoms. The summed E-state index contributed by atoms with van der Waals surface area (Å²) in [6.45, 7) is 2.40. The quantitative estimate of drug-likeness (QED) is 0.814. The monoisotopic (exact) mass is 363 g/mol. The number of ether oxygens (including phenoxy) is 1. The lowest BCUT2D eigenvalue weighted by molar-refractivity contribution is 0.167. The predicted octanol–water partition coefficient (Wildman–Crippen LogP) is 4.05. The van der Waals surface area contributed by atoms with Gasteiger partial charge >= 0.3 is 6.03 Å². The van der Waals surface area contributed by atoms with Crippen molar-refractivity contribution in [3.05, 3.63) is 18.2 Å². The van der Waals surface area contributed by atoms with E-state index in [4.69, 9.17) is 4.74 Å². The third-order valence-electron chi connectivity index (χ3n) is 4.52. The van der Waals surface area contributed by atoms with E-state index in [1.165, 1.54) is 0 Å². The van der Waals surface area contributed by atoms with Gasteiger partial charge in [0.25, 0.3) is 0 Å². The number of fused-ring (bicyclic) bond motifs is 1. The Morgan fingerprint density at radius 2 is 2.33 bits per heavy atom. The third-order valence-corrected chi connectivity index (χ3v) is 6.53. The highest BCUT2D eigenvalue weighted by atomic mass is 32.2. The molecule has 128 valence electrons. The normalized spacial score (nSPS) is 20.5. The van der Waals surface area contributed by atoms with E-state index in [0.29, 0.717) is 12.0 Å². The molecule has 1 N–H and O–H groups in total. The summed E-state index contributed by atoms with van der Waals surface area (Å²) in [6.07, 6.45) is 5.32. The van der Waals surface area contributed by atoms with Crippen LogP contribution in [-0.4, -0.2) is 48.0 Å². The van der Waals surface area contributed by atoms with Crippen molar-refractivity contribution in [1.82, 2.24) is 9.88 Å². The van der Waals surface area contributed by atoms with Crippen LogP contribution in [-0.2, 0) is 4.74 Å². The van der Waals surface area contributed by atoms with Crippen LogP contribution in [0.3, 0.4) is 0 Å². The second kappa shape index (κ2) is 6.90. The number of hydrogen-bond acceptors (Lipinski definition) is 5. The molecule has 0 radical (unpaired) electrons. The van der Waals surface area contributed by atoms with Crippen molar-refractivity contribution in [3.63, 3.8) is 0 Å². The summed E-state index contributed by atoms with van der Waals surface area (Å²) in [7, 11) is 0. The molecule has 1 aromatic carbocycles. The van der Waals surface area contributed by atoms with Gasteiger partial charge in [-0.15, -0.1) is 11.3 Å². The minimum absolute atomic E-state index is 0.0124. The maximum Gasteiger partial charge on any atom is 0.322 e. The number of carbonyl (C=O) groups is 1. The number of rotatable bonds is 5. The van der Waals surface area contributed by atoms with Crippen LogP contribution in [0, 0.1) is 5.92 Å². The highest BCUT2D eigenvalue weighted by Gasteiger charge is 2.34. The molecule has 1 saturated carbocycles. The van der Waals surface area contributed by atoms with Crippen molar-refractivity contribution in [3.8, 4) is 0 Å². The van der Waals surface area contributed by atoms with E-state index in [9.17, 15) is 4.79 Å². The van der Waals surface area contributed by atoms with Gasteiger partial charge in [0.05, 0.1) is 16.8 Å². The van der Waals surface area contributed by atoms with Crippen molar-refractivity contribution in [2.45, 2.75) is 29.6 Å². The van der Waals surface area contributed by atoms with Gasteiger partial charge in [-0.2, -0.15) is 0 Å². The topological polar surface area (TPSA) is 54.5 Å². The molecule has 0 spiro atoms. The number of aromatic nitrogens is 1. The Balaban J connectivity index is 1.46. The molecular weight excluding hydrogens is 342 g/mol. The highest BCUT2D eigenvalue weighted by molar-refractivity contribution is 8.00. The molecule has 1 saturated heterocycles. The van der Waals surface area contributed by atoms with Gasteiger partial charge in [-0.3, -0.25) is 0 Å². The average molecular weight is 364 g/mol. The van der Waals surface area contributed by atoms with Crippen molar-refractivity contribution < 1.29 is 9.53 Å². The van der Waals surface area contributed by atoms with Gasteiger partial charge in [-0.25, -0.2) is 9.78 Å². The minimum atomic E-state index is 0.0124. The van der Waals surface area contributed by atoms with Crippen LogP contribution in [0.2, 0.25) is 0 Å². The van der Waals surface area contributed by atoms with Crippen LogP contribution in [0.4, 0.5) is 10.5 Å². The molecule has 1 unspecified atom stereocenters. The number of urea groups is 1. The molecule has 1 aliphatic heterocycles. The fourth-order valence-electron chi connectivity index (χ4n) is 3.05. The van der Waals surface area contributed by atoms with Gasteiger partial charge in [-0.1, -0.05) is 11.8 Å². The first-order valence-electron chi connectivity index (χ1n) is 8.33. The van der Waals surface area contributed by atoms with Crippen LogP contribution < -0.4 is 5.32 Å². The third kappa shape index (κ3) is 3.53. The number of anilines is 1. The van der Waals surface area contributed by atoms with E-state index < -0.39 is 0 Å². The Labute approximate surface area is 149 Å². The molecule has 24 heavy (non-hydrogen) atoms. The number of thioether (sulfide) groups is 1. The minimum Gasteiger partial charge on any atom is -0.381 e. The number of thiazole rings is 1. The van der Waals surface area contributed by atoms with Gasteiger partial charge < -0.3 is 15.0 Å². The summed E-state index contributed by atoms with van der Waals surface area (Å²) in [4.78, 5) is 19.3. The van der Waals surface area contributed by atoms with Gasteiger partial charge in [0.2, 0.25) is 0 Å². The lowest BCUT2D eigenvalue weighted by atomic mass is 10.1. The van der Waals surface area contributed by atoms with E-state index in [-0.39, 0.29) is 6.03 Å². The predicted molar refractivity (Wildman–Crippen MR) is 99.1 cm³/mol. The zero-order valence-electron chi connectivity index (χ0n) is 13.7. The standard InChI is InChI=1S/C17H21N3O2S2/c1-23-17-19-14-5-2-12(8-15(14)24-17)18-16(21)20(13-3-4-13)9-11-6-7-22-10-11/h2,5,8,11,13H,3-4,6-7,9-10H2,1H3,(H,18,21). The average Bonchev–Trinajstić information content (AvgIpc) is 3.13. The molecule has 7 heteroatoms. The Bertz CT molecular complexity index is 739. The van der Waals surface area contributed by atoms with E-state index in [2.05, 4.69) is 10.3 Å². The Morgan fingerprint density at radius 3 is 3.04 bits per heavy atom. The van der Waals surface area contributed by atoms with Gasteiger partial charge in [0, 0.05) is 30.8 Å². The summed E-state index contributed by atoms with van der Waals surface area (Å²) in [6, 6.07) is 6.36. The fourth-order valence-corrected chi connectivity index (χ4v) is 4.58. The maximum absolute atomic E-state index is 12.7. The Morgan fingerprint density at radius 1 is 1.46 bits per heavy atom. The first-order valence-corrected chi connectivity index (χ1v) is 10.4. The zero-order chi connectivity index (χ0) is 16.5. The van der Waals surface area contributed by atoms with Crippen LogP contribution in [0.5, 0.6) is 0 Å². The largest absolute Gasteiger partial charge is 0.381 e. The summed E-state index contributed by atoms with van der Waals surface area (Å²) >= 11 is 3.31. The van der Waals surface area contributed by atoms with Crippen molar-refractivity contribution in [1.29, 1.82) is 0 Å². The Kier molecular flexibility index (Phi) is 4.65. The summed E-state index contributed by atoms with van der Waals surface area (Å²) in [5, 5.41) is 3.07. The molecule has 2 aromatic rings. The fraction of sp³-hybridized carbons (Fsp3) is 0.529. The summed E-state index contributed by atoms with van der Waals surface area (Å²) in [5.74, 6) is 0.476. The molecule has 5 nitrogen and oxygen atoms in total. The first-order chi connectivity index (χ1) is 11.7. The molecule has 2 amide bonds. The summed E-state index contributed by atoms with van der Waals surface area (Å²) < 4.78 is 7.61. The second-order valence-corrected chi connectivity index (χ2v) is 8.49. The van der Waals surface area contributed by atoms with Crippen LogP contribution >= 0.6 is 23.1 Å². The molecule has 2 heterocycles. The zero-order valence-corrected chi connectivity index (χ0v) is 15.3. The lowest BCUT2D eigenvalue weighted by Gasteiger charge is -2.25. The van der Waals surface area contributed by atoms with E-state index in [0.717, 1.165) is 59.3 Å². The van der Waals surface area contributed by atoms with E-state index in [1.54, 1.807) is 23.1 Å². The molecule has 1 atom stereocenters. The smallest absolute Gasteiger partial charge is 0.322 e. The molecular formula is C17H21N3O2S2. The van der Waals surface area contributed by atoms with Gasteiger partial charge in [0.15, 0.2) is 4.34 Å². The van der Waals surface area contributed by atoms with Crippen LogP contribution in [0.25, 0.3) is 10.2 Å². The van der Waals surface area contributed by atoms with E-state index >= 15 is 0 Å². The first kappa shape index (κ1) is 16.2. The second-order valence-electron chi connectivity index (χ2n) is 6.41. The molecule has 2 fully saturated rings. The molecule has 1 aliphatic carbocycles. The van der Waals surface area contributed by atoms with Crippen LogP contribution in [0.1, 0.15) is 19.3 Å².